The summed E-state index contributed by atoms with van der Waals surface area (Å²) >= 11 is 0. The van der Waals surface area contributed by atoms with Crippen molar-refractivity contribution in [2.45, 2.75) is 76.5 Å². The molecule has 1 saturated carbocycles. The smallest absolute Gasteiger partial charge is 0.287 e. The molecular weight excluding hydrogens is 491 g/mol. The van der Waals surface area contributed by atoms with Crippen molar-refractivity contribution in [1.82, 2.24) is 0 Å². The number of phosphoric ester groups is 1. The highest BCUT2D eigenvalue weighted by Gasteiger charge is 2.26. The molecule has 5 heteroatoms. The maximum absolute atomic E-state index is 13.4. The van der Waals surface area contributed by atoms with Gasteiger partial charge in [-0.15, -0.1) is 0 Å². The van der Waals surface area contributed by atoms with E-state index >= 15 is 0 Å². The summed E-state index contributed by atoms with van der Waals surface area (Å²) < 4.78 is 30.7. The molecule has 0 saturated heterocycles. The second kappa shape index (κ2) is 16.0. The van der Waals surface area contributed by atoms with Crippen LogP contribution in [0.15, 0.2) is 84.9 Å². The lowest BCUT2D eigenvalue weighted by molar-refractivity contribution is 0.110. The second-order valence-corrected chi connectivity index (χ2v) is 12.0. The Morgan fingerprint density at radius 2 is 0.974 bits per heavy atom. The van der Waals surface area contributed by atoms with E-state index in [2.05, 4.69) is 48.5 Å². The van der Waals surface area contributed by atoms with Crippen LogP contribution in [-0.4, -0.2) is 19.8 Å². The molecule has 4 nitrogen and oxygen atoms in total. The van der Waals surface area contributed by atoms with Gasteiger partial charge in [0.1, 0.15) is 0 Å². The lowest BCUT2D eigenvalue weighted by Gasteiger charge is -2.22. The molecule has 0 atom stereocenters. The topological polar surface area (TPSA) is 44.8 Å². The molecule has 0 radical (unpaired) electrons. The molecule has 1 aliphatic rings. The molecule has 3 aromatic rings. The van der Waals surface area contributed by atoms with Gasteiger partial charge in [-0.05, 0) is 79.5 Å². The highest BCUT2D eigenvalue weighted by molar-refractivity contribution is 7.48. The number of rotatable bonds is 16. The fourth-order valence-electron chi connectivity index (χ4n) is 5.15. The van der Waals surface area contributed by atoms with Crippen LogP contribution in [0.4, 0.5) is 0 Å². The average Bonchev–Trinajstić information content (AvgIpc) is 2.98. The number of benzene rings is 3. The van der Waals surface area contributed by atoms with E-state index < -0.39 is 7.82 Å². The van der Waals surface area contributed by atoms with Crippen LogP contribution in [-0.2, 0) is 37.4 Å². The lowest BCUT2D eigenvalue weighted by atomic mass is 9.84. The van der Waals surface area contributed by atoms with E-state index in [0.29, 0.717) is 19.8 Å². The van der Waals surface area contributed by atoms with Crippen molar-refractivity contribution in [2.75, 3.05) is 19.8 Å². The third-order valence-corrected chi connectivity index (χ3v) is 8.82. The first-order chi connectivity index (χ1) is 18.7. The van der Waals surface area contributed by atoms with Crippen molar-refractivity contribution < 1.29 is 18.1 Å². The van der Waals surface area contributed by atoms with Crippen molar-refractivity contribution >= 4 is 7.82 Å². The van der Waals surface area contributed by atoms with E-state index in [4.69, 9.17) is 13.6 Å². The summed E-state index contributed by atoms with van der Waals surface area (Å²) in [6.45, 7) is 1.03. The van der Waals surface area contributed by atoms with E-state index in [0.717, 1.165) is 44.4 Å². The molecule has 38 heavy (non-hydrogen) atoms. The molecular formula is C33H43O4P. The van der Waals surface area contributed by atoms with Gasteiger partial charge in [-0.2, -0.15) is 0 Å². The van der Waals surface area contributed by atoms with Gasteiger partial charge in [0.25, 0.3) is 0 Å². The van der Waals surface area contributed by atoms with Gasteiger partial charge < -0.3 is 0 Å². The first kappa shape index (κ1) is 28.8. The zero-order chi connectivity index (χ0) is 26.3. The van der Waals surface area contributed by atoms with E-state index in [9.17, 15) is 4.57 Å². The third kappa shape index (κ3) is 10.2. The Morgan fingerprint density at radius 1 is 0.553 bits per heavy atom. The molecule has 0 amide bonds. The van der Waals surface area contributed by atoms with Crippen molar-refractivity contribution in [2.24, 2.45) is 0 Å². The lowest BCUT2D eigenvalue weighted by Crippen LogP contribution is -2.06. The monoisotopic (exact) mass is 534 g/mol. The second-order valence-electron chi connectivity index (χ2n) is 10.3. The van der Waals surface area contributed by atoms with Crippen molar-refractivity contribution in [3.05, 3.63) is 107 Å². The van der Waals surface area contributed by atoms with E-state index in [1.165, 1.54) is 54.4 Å². The Morgan fingerprint density at radius 3 is 1.42 bits per heavy atom. The van der Waals surface area contributed by atoms with Crippen LogP contribution in [0.25, 0.3) is 0 Å². The molecule has 204 valence electrons. The molecule has 0 spiro atoms. The normalized spacial score (nSPS) is 14.5. The van der Waals surface area contributed by atoms with Crippen LogP contribution in [0.2, 0.25) is 0 Å². The Hall–Kier alpha value is -2.23. The first-order valence-electron chi connectivity index (χ1n) is 14.4. The molecule has 3 aromatic carbocycles. The molecule has 0 N–H and O–H groups in total. The van der Waals surface area contributed by atoms with Gasteiger partial charge in [0.05, 0.1) is 19.8 Å². The summed E-state index contributed by atoms with van der Waals surface area (Å²) in [6, 6.07) is 29.6. The predicted octanol–water partition coefficient (Wildman–Crippen LogP) is 9.09. The molecule has 0 aliphatic heterocycles. The standard InChI is InChI=1S/C33H43O4P/c34-38(35-26-10-17-29-13-4-1-5-14-29,36-27-11-18-30-15-6-2-7-16-30)37-28-12-19-31-22-24-33(25-23-31)32-20-8-3-9-21-32/h1-2,4-7,13-16,22-25,32H,3,8-12,17-21,26-28H2. The summed E-state index contributed by atoms with van der Waals surface area (Å²) in [5, 5.41) is 0. The van der Waals surface area contributed by atoms with Crippen LogP contribution < -0.4 is 0 Å². The quantitative estimate of drug-likeness (QED) is 0.136. The number of hydrogen-bond donors (Lipinski definition) is 0. The minimum atomic E-state index is -3.61. The Balaban J connectivity index is 1.21. The van der Waals surface area contributed by atoms with Crippen molar-refractivity contribution in [3.63, 3.8) is 0 Å². The minimum absolute atomic E-state index is 0.341. The fourth-order valence-corrected chi connectivity index (χ4v) is 6.43. The first-order valence-corrected chi connectivity index (χ1v) is 15.9. The van der Waals surface area contributed by atoms with Gasteiger partial charge in [0.15, 0.2) is 0 Å². The Kier molecular flexibility index (Phi) is 12.1. The molecule has 0 aromatic heterocycles. The predicted molar refractivity (Wildman–Crippen MR) is 156 cm³/mol. The fraction of sp³-hybridized carbons (Fsp3) is 0.455. The van der Waals surface area contributed by atoms with Crippen LogP contribution in [0.5, 0.6) is 0 Å². The SMILES string of the molecule is O=P(OCCCc1ccccc1)(OCCCc1ccccc1)OCCCc1ccc(C2CCCCC2)cc1. The van der Waals surface area contributed by atoms with E-state index in [1.54, 1.807) is 0 Å². The number of phosphoric acid groups is 1. The van der Waals surface area contributed by atoms with Gasteiger partial charge in [0, 0.05) is 0 Å². The summed E-state index contributed by atoms with van der Waals surface area (Å²) in [7, 11) is -3.61. The molecule has 1 fully saturated rings. The summed E-state index contributed by atoms with van der Waals surface area (Å²) in [4.78, 5) is 0. The van der Waals surface area contributed by atoms with Gasteiger partial charge in [-0.3, -0.25) is 13.6 Å². The van der Waals surface area contributed by atoms with Crippen molar-refractivity contribution in [3.8, 4) is 0 Å². The molecule has 4 rings (SSSR count). The summed E-state index contributed by atoms with van der Waals surface area (Å²) in [6.07, 6.45) is 11.6. The van der Waals surface area contributed by atoms with Crippen LogP contribution in [0, 0.1) is 0 Å². The third-order valence-electron chi connectivity index (χ3n) is 7.32. The van der Waals surface area contributed by atoms with Crippen LogP contribution in [0.1, 0.15) is 79.5 Å². The maximum atomic E-state index is 13.4. The summed E-state index contributed by atoms with van der Waals surface area (Å²) in [5.74, 6) is 0.727. The highest BCUT2D eigenvalue weighted by atomic mass is 31.2. The van der Waals surface area contributed by atoms with Gasteiger partial charge in [0.2, 0.25) is 0 Å². The highest BCUT2D eigenvalue weighted by Crippen LogP contribution is 2.49. The van der Waals surface area contributed by atoms with Crippen molar-refractivity contribution in [1.29, 1.82) is 0 Å². The van der Waals surface area contributed by atoms with Gasteiger partial charge in [-0.1, -0.05) is 104 Å². The number of aryl methyl sites for hydroxylation is 3. The Labute approximate surface area is 229 Å². The molecule has 1 aliphatic carbocycles. The zero-order valence-corrected chi connectivity index (χ0v) is 23.5. The van der Waals surface area contributed by atoms with Crippen LogP contribution in [0.3, 0.4) is 0 Å². The minimum Gasteiger partial charge on any atom is -0.287 e. The zero-order valence-electron chi connectivity index (χ0n) is 22.6. The van der Waals surface area contributed by atoms with Gasteiger partial charge in [-0.25, -0.2) is 4.57 Å². The average molecular weight is 535 g/mol. The molecule has 0 heterocycles. The van der Waals surface area contributed by atoms with E-state index in [-0.39, 0.29) is 0 Å². The molecule has 0 bridgehead atoms. The van der Waals surface area contributed by atoms with Gasteiger partial charge >= 0.3 is 7.82 Å². The Bertz CT molecular complexity index is 1030. The maximum Gasteiger partial charge on any atom is 0.474 e. The number of hydrogen-bond acceptors (Lipinski definition) is 4. The van der Waals surface area contributed by atoms with Crippen LogP contribution >= 0.6 is 7.82 Å². The largest absolute Gasteiger partial charge is 0.474 e. The van der Waals surface area contributed by atoms with E-state index in [1.807, 2.05) is 36.4 Å². The summed E-state index contributed by atoms with van der Waals surface area (Å²) in [5.41, 5.74) is 5.24. The molecule has 0 unspecified atom stereocenters.